The highest BCUT2D eigenvalue weighted by Gasteiger charge is 2.19. The fraction of sp³-hybridized carbons (Fsp3) is 0.238. The molecule has 0 saturated carbocycles. The summed E-state index contributed by atoms with van der Waals surface area (Å²) >= 11 is 1.50. The first kappa shape index (κ1) is 18.3. The van der Waals surface area contributed by atoms with E-state index < -0.39 is 0 Å². The summed E-state index contributed by atoms with van der Waals surface area (Å²) in [4.78, 5) is 17.4. The van der Waals surface area contributed by atoms with Crippen LogP contribution in [0.3, 0.4) is 0 Å². The first-order valence-electron chi connectivity index (χ1n) is 8.58. The maximum Gasteiger partial charge on any atom is 0.237 e. The van der Waals surface area contributed by atoms with E-state index in [4.69, 9.17) is 9.72 Å². The molecule has 1 amide bonds. The van der Waals surface area contributed by atoms with Crippen molar-refractivity contribution in [3.05, 3.63) is 60.2 Å². The van der Waals surface area contributed by atoms with Gasteiger partial charge in [-0.25, -0.2) is 4.98 Å². The summed E-state index contributed by atoms with van der Waals surface area (Å²) in [7, 11) is 1.62. The number of ether oxygens (including phenoxy) is 1. The molecule has 0 aliphatic carbocycles. The van der Waals surface area contributed by atoms with Crippen molar-refractivity contribution in [3.8, 4) is 5.75 Å². The topological polar surface area (TPSA) is 51.2 Å². The van der Waals surface area contributed by atoms with Gasteiger partial charge in [-0.1, -0.05) is 36.9 Å². The number of thioether (sulfide) groups is 1. The molecule has 0 aliphatic heterocycles. The van der Waals surface area contributed by atoms with Crippen LogP contribution >= 0.6 is 11.8 Å². The number of amides is 1. The second-order valence-corrected chi connectivity index (χ2v) is 7.25. The van der Waals surface area contributed by atoms with Crippen molar-refractivity contribution in [2.75, 3.05) is 12.4 Å². The number of fused-ring (bicyclic) bond motifs is 1. The van der Waals surface area contributed by atoms with Gasteiger partial charge in [0.2, 0.25) is 5.91 Å². The Balaban J connectivity index is 1.75. The third kappa shape index (κ3) is 4.17. The average Bonchev–Trinajstić information content (AvgIpc) is 2.66. The van der Waals surface area contributed by atoms with E-state index in [1.807, 2.05) is 49.4 Å². The molecule has 26 heavy (non-hydrogen) atoms. The van der Waals surface area contributed by atoms with Gasteiger partial charge in [-0.3, -0.25) is 4.79 Å². The quantitative estimate of drug-likeness (QED) is 0.620. The summed E-state index contributed by atoms with van der Waals surface area (Å²) in [6.07, 6.45) is 0.722. The largest absolute Gasteiger partial charge is 0.497 e. The minimum atomic E-state index is -0.204. The SMILES string of the molecule is CCC(Sc1cc(C)c2ccccc2n1)C(=O)Nc1ccc(OC)cc1. The highest BCUT2D eigenvalue weighted by Crippen LogP contribution is 2.29. The molecule has 1 unspecified atom stereocenters. The first-order valence-corrected chi connectivity index (χ1v) is 9.46. The number of nitrogens with one attached hydrogen (secondary N) is 1. The Kier molecular flexibility index (Phi) is 5.78. The molecule has 0 bridgehead atoms. The molecule has 1 aromatic heterocycles. The fourth-order valence-electron chi connectivity index (χ4n) is 2.74. The zero-order valence-electron chi connectivity index (χ0n) is 15.2. The lowest BCUT2D eigenvalue weighted by Gasteiger charge is -2.15. The molecule has 5 heteroatoms. The van der Waals surface area contributed by atoms with Crippen molar-refractivity contribution >= 4 is 34.3 Å². The van der Waals surface area contributed by atoms with Gasteiger partial charge in [0.15, 0.2) is 0 Å². The molecule has 0 fully saturated rings. The van der Waals surface area contributed by atoms with Crippen LogP contribution in [-0.2, 0) is 4.79 Å². The van der Waals surface area contributed by atoms with Crippen LogP contribution in [0, 0.1) is 6.92 Å². The molecule has 1 atom stereocenters. The van der Waals surface area contributed by atoms with E-state index in [1.165, 1.54) is 17.3 Å². The molecule has 0 aliphatic rings. The van der Waals surface area contributed by atoms with Crippen molar-refractivity contribution < 1.29 is 9.53 Å². The van der Waals surface area contributed by atoms with Crippen molar-refractivity contribution in [2.45, 2.75) is 30.5 Å². The predicted octanol–water partition coefficient (Wildman–Crippen LogP) is 5.06. The second-order valence-electron chi connectivity index (χ2n) is 6.03. The summed E-state index contributed by atoms with van der Waals surface area (Å²) < 4.78 is 5.14. The van der Waals surface area contributed by atoms with Crippen LogP contribution in [-0.4, -0.2) is 23.3 Å². The third-order valence-electron chi connectivity index (χ3n) is 4.18. The van der Waals surface area contributed by atoms with Gasteiger partial charge in [-0.15, -0.1) is 0 Å². The molecule has 3 aromatic rings. The van der Waals surface area contributed by atoms with E-state index in [9.17, 15) is 4.79 Å². The number of rotatable bonds is 6. The molecule has 1 heterocycles. The Morgan fingerprint density at radius 1 is 1.19 bits per heavy atom. The van der Waals surface area contributed by atoms with E-state index in [1.54, 1.807) is 7.11 Å². The molecule has 0 saturated heterocycles. The number of carbonyl (C=O) groups is 1. The van der Waals surface area contributed by atoms with Gasteiger partial charge in [-0.2, -0.15) is 0 Å². The van der Waals surface area contributed by atoms with E-state index in [0.29, 0.717) is 0 Å². The fourth-order valence-corrected chi connectivity index (χ4v) is 3.76. The maximum atomic E-state index is 12.7. The minimum absolute atomic E-state index is 0.0183. The molecule has 0 spiro atoms. The molecule has 1 N–H and O–H groups in total. The van der Waals surface area contributed by atoms with Crippen LogP contribution in [0.25, 0.3) is 10.9 Å². The van der Waals surface area contributed by atoms with Gasteiger partial charge in [0.1, 0.15) is 5.75 Å². The number of hydrogen-bond acceptors (Lipinski definition) is 4. The number of aromatic nitrogens is 1. The number of para-hydroxylation sites is 1. The summed E-state index contributed by atoms with van der Waals surface area (Å²) in [5, 5.41) is 4.79. The van der Waals surface area contributed by atoms with Crippen LogP contribution in [0.5, 0.6) is 5.75 Å². The lowest BCUT2D eigenvalue weighted by molar-refractivity contribution is -0.115. The van der Waals surface area contributed by atoms with Crippen LogP contribution in [0.2, 0.25) is 0 Å². The normalized spacial score (nSPS) is 12.0. The highest BCUT2D eigenvalue weighted by atomic mass is 32.2. The van der Waals surface area contributed by atoms with Crippen molar-refractivity contribution in [3.63, 3.8) is 0 Å². The Morgan fingerprint density at radius 3 is 2.62 bits per heavy atom. The summed E-state index contributed by atoms with van der Waals surface area (Å²) in [6.45, 7) is 4.09. The van der Waals surface area contributed by atoms with Gasteiger partial charge in [0.25, 0.3) is 0 Å². The van der Waals surface area contributed by atoms with Crippen molar-refractivity contribution in [1.29, 1.82) is 0 Å². The van der Waals surface area contributed by atoms with E-state index in [-0.39, 0.29) is 11.2 Å². The molecular weight excluding hydrogens is 344 g/mol. The number of pyridine rings is 1. The van der Waals surface area contributed by atoms with Crippen LogP contribution in [0.1, 0.15) is 18.9 Å². The molecule has 4 nitrogen and oxygen atoms in total. The van der Waals surface area contributed by atoms with Crippen LogP contribution < -0.4 is 10.1 Å². The van der Waals surface area contributed by atoms with E-state index >= 15 is 0 Å². The number of methoxy groups -OCH3 is 1. The van der Waals surface area contributed by atoms with Gasteiger partial charge in [-0.05, 0) is 55.3 Å². The van der Waals surface area contributed by atoms with Gasteiger partial charge in [0.05, 0.1) is 22.9 Å². The number of benzene rings is 2. The van der Waals surface area contributed by atoms with Gasteiger partial charge < -0.3 is 10.1 Å². The molecular formula is C21H22N2O2S. The predicted molar refractivity (Wildman–Crippen MR) is 108 cm³/mol. The van der Waals surface area contributed by atoms with Crippen LogP contribution in [0.4, 0.5) is 5.69 Å². The summed E-state index contributed by atoms with van der Waals surface area (Å²) in [5.74, 6) is 0.746. The smallest absolute Gasteiger partial charge is 0.237 e. The molecule has 134 valence electrons. The lowest BCUT2D eigenvalue weighted by Crippen LogP contribution is -2.24. The number of hydrogen-bond donors (Lipinski definition) is 1. The summed E-state index contributed by atoms with van der Waals surface area (Å²) in [5.41, 5.74) is 2.89. The Morgan fingerprint density at radius 2 is 1.92 bits per heavy atom. The van der Waals surface area contributed by atoms with Gasteiger partial charge in [0, 0.05) is 11.1 Å². The Bertz CT molecular complexity index is 910. The molecule has 2 aromatic carbocycles. The monoisotopic (exact) mass is 366 g/mol. The lowest BCUT2D eigenvalue weighted by atomic mass is 10.1. The molecule has 3 rings (SSSR count). The average molecular weight is 366 g/mol. The minimum Gasteiger partial charge on any atom is -0.497 e. The third-order valence-corrected chi connectivity index (χ3v) is 5.47. The van der Waals surface area contributed by atoms with E-state index in [0.717, 1.165) is 33.8 Å². The highest BCUT2D eigenvalue weighted by molar-refractivity contribution is 8.00. The molecule has 0 radical (unpaired) electrons. The van der Waals surface area contributed by atoms with E-state index in [2.05, 4.69) is 24.4 Å². The van der Waals surface area contributed by atoms with Gasteiger partial charge >= 0.3 is 0 Å². The number of anilines is 1. The maximum absolute atomic E-state index is 12.7. The summed E-state index contributed by atoms with van der Waals surface area (Å²) in [6, 6.07) is 17.5. The number of aryl methyl sites for hydroxylation is 1. The van der Waals surface area contributed by atoms with Crippen molar-refractivity contribution in [1.82, 2.24) is 4.98 Å². The standard InChI is InChI=1S/C21H22N2O2S/c1-4-19(21(24)22-15-9-11-16(25-3)12-10-15)26-20-13-14(2)17-7-5-6-8-18(17)23-20/h5-13,19H,4H2,1-3H3,(H,22,24). The zero-order chi connectivity index (χ0) is 18.5. The number of nitrogens with zero attached hydrogens (tertiary/aromatic N) is 1. The van der Waals surface area contributed by atoms with Crippen molar-refractivity contribution in [2.24, 2.45) is 0 Å². The Labute approximate surface area is 158 Å². The number of carbonyl (C=O) groups excluding carboxylic acids is 1. The van der Waals surface area contributed by atoms with Crippen LogP contribution in [0.15, 0.2) is 59.6 Å². The zero-order valence-corrected chi connectivity index (χ0v) is 16.0. The Hall–Kier alpha value is -2.53. The first-order chi connectivity index (χ1) is 12.6. The second kappa shape index (κ2) is 8.23.